The normalized spacial score (nSPS) is 13.4. The first-order chi connectivity index (χ1) is 21.4. The van der Waals surface area contributed by atoms with Crippen LogP contribution in [-0.4, -0.2) is 0 Å². The SMILES string of the molecule is [2H]c1c([2H])c([2H])c(-c2ccc3cc4c(cc3c2)-c2cc3cc(N(c5ccccc5)c5ccccc5)ccc3cc2-4)c([2H])c1[2H]. The van der Waals surface area contributed by atoms with Crippen molar-refractivity contribution in [1.82, 2.24) is 0 Å². The number of fused-ring (bicyclic) bond motifs is 6. The fourth-order valence-corrected chi connectivity index (χ4v) is 5.70. The summed E-state index contributed by atoms with van der Waals surface area (Å²) in [6.45, 7) is 0. The molecule has 0 unspecified atom stereocenters. The fraction of sp³-hybridized carbons (Fsp3) is 0. The van der Waals surface area contributed by atoms with Gasteiger partial charge in [0.2, 0.25) is 0 Å². The van der Waals surface area contributed by atoms with Gasteiger partial charge in [-0.2, -0.15) is 0 Å². The Morgan fingerprint density at radius 3 is 1.49 bits per heavy atom. The molecule has 0 saturated carbocycles. The molecule has 0 bridgehead atoms. The van der Waals surface area contributed by atoms with E-state index in [2.05, 4.69) is 95.9 Å². The molecular formula is C38H25N. The second kappa shape index (κ2) is 8.72. The standard InChI is InChI=1S/C38H25N/c1-4-10-26(11-5-1)27-16-17-28-22-35-36-23-29-18-19-34(21-31(29)25-38(36)37(35)24-30(28)20-27)39(32-12-6-2-7-13-32)33-14-8-3-9-15-33/h1-25H/i1D,4D,5D,10D,11D. The lowest BCUT2D eigenvalue weighted by Gasteiger charge is -2.28. The monoisotopic (exact) mass is 500 g/mol. The molecule has 39 heavy (non-hydrogen) atoms. The van der Waals surface area contributed by atoms with Gasteiger partial charge in [0.1, 0.15) is 0 Å². The average molecular weight is 501 g/mol. The van der Waals surface area contributed by atoms with Crippen molar-refractivity contribution >= 4 is 38.6 Å². The van der Waals surface area contributed by atoms with Gasteiger partial charge in [0.25, 0.3) is 0 Å². The minimum atomic E-state index is -0.381. The Kier molecular flexibility index (Phi) is 3.89. The van der Waals surface area contributed by atoms with E-state index < -0.39 is 0 Å². The zero-order valence-corrected chi connectivity index (χ0v) is 21.0. The minimum absolute atomic E-state index is 0.188. The van der Waals surface area contributed by atoms with Crippen LogP contribution in [0.4, 0.5) is 17.1 Å². The van der Waals surface area contributed by atoms with Gasteiger partial charge >= 0.3 is 0 Å². The largest absolute Gasteiger partial charge is 0.310 e. The Morgan fingerprint density at radius 1 is 0.385 bits per heavy atom. The second-order valence-corrected chi connectivity index (χ2v) is 9.90. The van der Waals surface area contributed by atoms with Crippen LogP contribution in [0.1, 0.15) is 6.85 Å². The van der Waals surface area contributed by atoms with Gasteiger partial charge in [-0.3, -0.25) is 0 Å². The van der Waals surface area contributed by atoms with Crippen LogP contribution in [-0.2, 0) is 0 Å². The van der Waals surface area contributed by atoms with Crippen molar-refractivity contribution in [2.45, 2.75) is 0 Å². The Bertz CT molecular complexity index is 2210. The van der Waals surface area contributed by atoms with Crippen LogP contribution in [0.3, 0.4) is 0 Å². The third kappa shape index (κ3) is 3.63. The summed E-state index contributed by atoms with van der Waals surface area (Å²) in [5.41, 5.74) is 8.86. The van der Waals surface area contributed by atoms with E-state index in [1.165, 1.54) is 22.1 Å². The Hall–Kier alpha value is -5.14. The van der Waals surface area contributed by atoms with Crippen LogP contribution in [0, 0.1) is 0 Å². The quantitative estimate of drug-likeness (QED) is 0.232. The molecule has 0 atom stereocenters. The Balaban J connectivity index is 1.23. The first-order valence-corrected chi connectivity index (χ1v) is 13.0. The van der Waals surface area contributed by atoms with Crippen molar-refractivity contribution in [2.75, 3.05) is 4.90 Å². The summed E-state index contributed by atoms with van der Waals surface area (Å²) in [5.74, 6) is 0. The van der Waals surface area contributed by atoms with Gasteiger partial charge in [-0.1, -0.05) is 84.8 Å². The zero-order chi connectivity index (χ0) is 30.1. The molecule has 0 amide bonds. The van der Waals surface area contributed by atoms with E-state index in [9.17, 15) is 0 Å². The van der Waals surface area contributed by atoms with E-state index in [1.54, 1.807) is 0 Å². The third-order valence-electron chi connectivity index (χ3n) is 7.59. The second-order valence-electron chi connectivity index (χ2n) is 9.90. The number of hydrogen-bond donors (Lipinski definition) is 0. The molecule has 7 aromatic carbocycles. The molecule has 8 rings (SSSR count). The van der Waals surface area contributed by atoms with E-state index in [0.29, 0.717) is 5.56 Å². The van der Waals surface area contributed by atoms with Gasteiger partial charge in [0, 0.05) is 17.1 Å². The van der Waals surface area contributed by atoms with Crippen molar-refractivity contribution in [3.05, 3.63) is 152 Å². The smallest absolute Gasteiger partial charge is 0.0629 e. The first-order valence-electron chi connectivity index (χ1n) is 15.5. The van der Waals surface area contributed by atoms with E-state index >= 15 is 0 Å². The molecule has 0 radical (unpaired) electrons. The highest BCUT2D eigenvalue weighted by molar-refractivity contribution is 6.12. The lowest BCUT2D eigenvalue weighted by atomic mass is 9.77. The molecule has 0 heterocycles. The molecule has 1 nitrogen and oxygen atoms in total. The molecule has 0 spiro atoms. The molecule has 0 saturated heterocycles. The molecular weight excluding hydrogens is 470 g/mol. The summed E-state index contributed by atoms with van der Waals surface area (Å²) in [4.78, 5) is 2.26. The fourth-order valence-electron chi connectivity index (χ4n) is 5.70. The summed E-state index contributed by atoms with van der Waals surface area (Å²) in [6.07, 6.45) is 0. The van der Waals surface area contributed by atoms with Gasteiger partial charge in [-0.15, -0.1) is 0 Å². The molecule has 0 fully saturated rings. The maximum Gasteiger partial charge on any atom is 0.0629 e. The van der Waals surface area contributed by atoms with Gasteiger partial charge < -0.3 is 4.90 Å². The van der Waals surface area contributed by atoms with Gasteiger partial charge in [-0.25, -0.2) is 0 Å². The molecule has 1 aliphatic rings. The number of benzene rings is 7. The molecule has 0 aliphatic heterocycles. The summed E-state index contributed by atoms with van der Waals surface area (Å²) in [5, 5.41) is 4.34. The molecule has 1 heteroatoms. The van der Waals surface area contributed by atoms with Gasteiger partial charge in [-0.05, 0) is 122 Å². The Morgan fingerprint density at radius 2 is 0.897 bits per heavy atom. The predicted octanol–water partition coefficient (Wildman–Crippen LogP) is 10.8. The number of para-hydroxylation sites is 2. The number of anilines is 3. The van der Waals surface area contributed by atoms with Crippen molar-refractivity contribution in [3.8, 4) is 33.4 Å². The summed E-state index contributed by atoms with van der Waals surface area (Å²) in [6, 6.07) is 40.6. The topological polar surface area (TPSA) is 3.24 Å². The van der Waals surface area contributed by atoms with Crippen LogP contribution in [0.25, 0.3) is 54.9 Å². The van der Waals surface area contributed by atoms with Gasteiger partial charge in [0.05, 0.1) is 6.85 Å². The van der Waals surface area contributed by atoms with E-state index in [-0.39, 0.29) is 35.8 Å². The lowest BCUT2D eigenvalue weighted by Crippen LogP contribution is -2.09. The van der Waals surface area contributed by atoms with E-state index in [1.807, 2.05) is 30.3 Å². The summed E-state index contributed by atoms with van der Waals surface area (Å²) in [7, 11) is 0. The molecule has 7 aromatic rings. The molecule has 0 N–H and O–H groups in total. The average Bonchev–Trinajstić information content (AvgIpc) is 3.06. The highest BCUT2D eigenvalue weighted by Crippen LogP contribution is 2.51. The highest BCUT2D eigenvalue weighted by Gasteiger charge is 2.24. The van der Waals surface area contributed by atoms with Crippen molar-refractivity contribution in [1.29, 1.82) is 0 Å². The molecule has 182 valence electrons. The first kappa shape index (κ1) is 17.4. The van der Waals surface area contributed by atoms with Crippen LogP contribution in [0.2, 0.25) is 0 Å². The summed E-state index contributed by atoms with van der Waals surface area (Å²) < 4.78 is 41.0. The third-order valence-corrected chi connectivity index (χ3v) is 7.59. The van der Waals surface area contributed by atoms with E-state index in [4.69, 9.17) is 6.85 Å². The van der Waals surface area contributed by atoms with Crippen LogP contribution >= 0.6 is 0 Å². The number of nitrogens with zero attached hydrogens (tertiary/aromatic N) is 1. The van der Waals surface area contributed by atoms with Crippen LogP contribution < -0.4 is 4.90 Å². The summed E-state index contributed by atoms with van der Waals surface area (Å²) >= 11 is 0. The van der Waals surface area contributed by atoms with Crippen molar-refractivity contribution in [2.24, 2.45) is 0 Å². The molecule has 0 aromatic heterocycles. The number of rotatable bonds is 4. The van der Waals surface area contributed by atoms with Crippen molar-refractivity contribution < 1.29 is 6.85 Å². The van der Waals surface area contributed by atoms with Crippen LogP contribution in [0.5, 0.6) is 0 Å². The Labute approximate surface area is 235 Å². The zero-order valence-electron chi connectivity index (χ0n) is 26.0. The van der Waals surface area contributed by atoms with Crippen molar-refractivity contribution in [3.63, 3.8) is 0 Å². The highest BCUT2D eigenvalue weighted by atomic mass is 15.1. The molecule has 1 aliphatic carbocycles. The maximum absolute atomic E-state index is 8.42. The van der Waals surface area contributed by atoms with Gasteiger partial charge in [0.15, 0.2) is 0 Å². The predicted molar refractivity (Wildman–Crippen MR) is 166 cm³/mol. The minimum Gasteiger partial charge on any atom is -0.310 e. The van der Waals surface area contributed by atoms with E-state index in [0.717, 1.165) is 38.8 Å². The maximum atomic E-state index is 8.42. The number of hydrogen-bond acceptors (Lipinski definition) is 1. The lowest BCUT2D eigenvalue weighted by molar-refractivity contribution is 1.29. The van der Waals surface area contributed by atoms with Crippen LogP contribution in [0.15, 0.2) is 152 Å².